The Morgan fingerprint density at radius 2 is 1.90 bits per heavy atom. The Hall–Kier alpha value is -2.51. The van der Waals surface area contributed by atoms with Gasteiger partial charge in [-0.15, -0.1) is 0 Å². The van der Waals surface area contributed by atoms with E-state index in [1.54, 1.807) is 0 Å². The molecular weight excluding hydrogens is 280 g/mol. The SMILES string of the molecule is CCCNc1nc(Nc2cc(F)ccc2F)nc(OC)n1. The maximum atomic E-state index is 13.6. The lowest BCUT2D eigenvalue weighted by molar-refractivity contribution is 0.379. The lowest BCUT2D eigenvalue weighted by atomic mass is 10.3. The number of hydrogen-bond donors (Lipinski definition) is 2. The second kappa shape index (κ2) is 6.78. The van der Waals surface area contributed by atoms with Crippen LogP contribution in [-0.2, 0) is 0 Å². The fourth-order valence-corrected chi connectivity index (χ4v) is 1.53. The van der Waals surface area contributed by atoms with E-state index in [1.807, 2.05) is 6.92 Å². The van der Waals surface area contributed by atoms with Crippen molar-refractivity contribution in [2.45, 2.75) is 13.3 Å². The molecule has 21 heavy (non-hydrogen) atoms. The molecule has 2 rings (SSSR count). The summed E-state index contributed by atoms with van der Waals surface area (Å²) in [6.07, 6.45) is 0.884. The van der Waals surface area contributed by atoms with Gasteiger partial charge in [0.2, 0.25) is 11.9 Å². The molecule has 6 nitrogen and oxygen atoms in total. The molecule has 0 unspecified atom stereocenters. The van der Waals surface area contributed by atoms with Crippen LogP contribution in [0.15, 0.2) is 18.2 Å². The monoisotopic (exact) mass is 295 g/mol. The molecular formula is C13H15F2N5O. The first kappa shape index (κ1) is 14.9. The molecule has 0 bridgehead atoms. The number of nitrogens with one attached hydrogen (secondary N) is 2. The summed E-state index contributed by atoms with van der Waals surface area (Å²) >= 11 is 0. The van der Waals surface area contributed by atoms with E-state index in [9.17, 15) is 8.78 Å². The van der Waals surface area contributed by atoms with E-state index < -0.39 is 11.6 Å². The molecule has 1 aromatic carbocycles. The molecule has 0 saturated carbocycles. The molecule has 1 heterocycles. The third kappa shape index (κ3) is 3.98. The molecule has 0 aliphatic carbocycles. The zero-order valence-corrected chi connectivity index (χ0v) is 11.7. The Labute approximate surface area is 120 Å². The summed E-state index contributed by atoms with van der Waals surface area (Å²) in [6.45, 7) is 2.66. The summed E-state index contributed by atoms with van der Waals surface area (Å²) in [5, 5.41) is 5.58. The van der Waals surface area contributed by atoms with Gasteiger partial charge in [-0.1, -0.05) is 6.92 Å². The summed E-state index contributed by atoms with van der Waals surface area (Å²) in [5.41, 5.74) is -0.0651. The van der Waals surface area contributed by atoms with Crippen molar-refractivity contribution in [3.8, 4) is 6.01 Å². The highest BCUT2D eigenvalue weighted by molar-refractivity contribution is 5.55. The molecule has 112 valence electrons. The first-order chi connectivity index (χ1) is 10.1. The van der Waals surface area contributed by atoms with Crippen molar-refractivity contribution in [3.63, 3.8) is 0 Å². The number of rotatable bonds is 6. The van der Waals surface area contributed by atoms with Gasteiger partial charge in [-0.25, -0.2) is 8.78 Å². The van der Waals surface area contributed by atoms with Gasteiger partial charge in [0, 0.05) is 12.6 Å². The molecule has 0 saturated heterocycles. The van der Waals surface area contributed by atoms with E-state index in [-0.39, 0.29) is 17.6 Å². The second-order valence-corrected chi connectivity index (χ2v) is 4.15. The quantitative estimate of drug-likeness (QED) is 0.853. The van der Waals surface area contributed by atoms with Crippen molar-refractivity contribution in [3.05, 3.63) is 29.8 Å². The second-order valence-electron chi connectivity index (χ2n) is 4.15. The van der Waals surface area contributed by atoms with Gasteiger partial charge in [-0.3, -0.25) is 0 Å². The number of nitrogens with zero attached hydrogens (tertiary/aromatic N) is 3. The summed E-state index contributed by atoms with van der Waals surface area (Å²) < 4.78 is 31.7. The zero-order valence-electron chi connectivity index (χ0n) is 11.7. The minimum atomic E-state index is -0.612. The normalized spacial score (nSPS) is 10.3. The van der Waals surface area contributed by atoms with Crippen molar-refractivity contribution in [2.75, 3.05) is 24.3 Å². The highest BCUT2D eigenvalue weighted by Gasteiger charge is 2.10. The van der Waals surface area contributed by atoms with Crippen LogP contribution in [0, 0.1) is 11.6 Å². The van der Waals surface area contributed by atoms with Crippen LogP contribution in [0.4, 0.5) is 26.4 Å². The van der Waals surface area contributed by atoms with Crippen LogP contribution in [0.3, 0.4) is 0 Å². The standard InChI is InChI=1S/C13H15F2N5O/c1-3-6-16-11-18-12(20-13(19-11)21-2)17-10-7-8(14)4-5-9(10)15/h4-5,7H,3,6H2,1-2H3,(H2,16,17,18,19,20). The van der Waals surface area contributed by atoms with Gasteiger partial charge in [0.25, 0.3) is 0 Å². The summed E-state index contributed by atoms with van der Waals surface area (Å²) in [6, 6.07) is 3.14. The minimum absolute atomic E-state index is 0.0601. The van der Waals surface area contributed by atoms with Gasteiger partial charge in [-0.2, -0.15) is 15.0 Å². The van der Waals surface area contributed by atoms with Crippen molar-refractivity contribution >= 4 is 17.6 Å². The fourth-order valence-electron chi connectivity index (χ4n) is 1.53. The lowest BCUT2D eigenvalue weighted by Crippen LogP contribution is -2.09. The topological polar surface area (TPSA) is 72.0 Å². The third-order valence-electron chi connectivity index (χ3n) is 2.51. The Kier molecular flexibility index (Phi) is 4.81. The van der Waals surface area contributed by atoms with Crippen molar-refractivity contribution < 1.29 is 13.5 Å². The Bertz CT molecular complexity index is 624. The maximum absolute atomic E-state index is 13.6. The van der Waals surface area contributed by atoms with Gasteiger partial charge >= 0.3 is 6.01 Å². The number of methoxy groups -OCH3 is 1. The molecule has 0 radical (unpaired) electrons. The first-order valence-corrected chi connectivity index (χ1v) is 6.38. The van der Waals surface area contributed by atoms with E-state index in [0.717, 1.165) is 24.6 Å². The maximum Gasteiger partial charge on any atom is 0.322 e. The summed E-state index contributed by atoms with van der Waals surface area (Å²) in [5.74, 6) is -0.823. The van der Waals surface area contributed by atoms with E-state index in [2.05, 4.69) is 25.6 Å². The third-order valence-corrected chi connectivity index (χ3v) is 2.51. The Balaban J connectivity index is 2.27. The van der Waals surface area contributed by atoms with Gasteiger partial charge in [0.1, 0.15) is 11.6 Å². The lowest BCUT2D eigenvalue weighted by Gasteiger charge is -2.09. The van der Waals surface area contributed by atoms with Crippen LogP contribution < -0.4 is 15.4 Å². The summed E-state index contributed by atoms with van der Waals surface area (Å²) in [7, 11) is 1.41. The van der Waals surface area contributed by atoms with E-state index >= 15 is 0 Å². The average molecular weight is 295 g/mol. The molecule has 2 aromatic rings. The molecule has 8 heteroatoms. The Morgan fingerprint density at radius 1 is 1.14 bits per heavy atom. The van der Waals surface area contributed by atoms with Crippen LogP contribution in [0.2, 0.25) is 0 Å². The van der Waals surface area contributed by atoms with Crippen LogP contribution in [-0.4, -0.2) is 28.6 Å². The van der Waals surface area contributed by atoms with Crippen molar-refractivity contribution in [1.82, 2.24) is 15.0 Å². The van der Waals surface area contributed by atoms with Crippen molar-refractivity contribution in [1.29, 1.82) is 0 Å². The van der Waals surface area contributed by atoms with E-state index in [4.69, 9.17) is 4.74 Å². The molecule has 1 aromatic heterocycles. The van der Waals surface area contributed by atoms with Crippen molar-refractivity contribution in [2.24, 2.45) is 0 Å². The molecule has 2 N–H and O–H groups in total. The van der Waals surface area contributed by atoms with E-state index in [0.29, 0.717) is 12.5 Å². The minimum Gasteiger partial charge on any atom is -0.467 e. The predicted octanol–water partition coefficient (Wildman–Crippen LogP) is 2.72. The fraction of sp³-hybridized carbons (Fsp3) is 0.308. The molecule has 0 aliphatic rings. The first-order valence-electron chi connectivity index (χ1n) is 6.38. The number of ether oxygens (including phenoxy) is 1. The molecule has 0 aliphatic heterocycles. The van der Waals surface area contributed by atoms with E-state index in [1.165, 1.54) is 7.11 Å². The number of aromatic nitrogens is 3. The summed E-state index contributed by atoms with van der Waals surface area (Å²) in [4.78, 5) is 12.0. The van der Waals surface area contributed by atoms with Gasteiger partial charge < -0.3 is 15.4 Å². The average Bonchev–Trinajstić information content (AvgIpc) is 2.48. The van der Waals surface area contributed by atoms with Crippen LogP contribution in [0.25, 0.3) is 0 Å². The molecule has 0 atom stereocenters. The van der Waals surface area contributed by atoms with Crippen LogP contribution >= 0.6 is 0 Å². The van der Waals surface area contributed by atoms with Gasteiger partial charge in [0.05, 0.1) is 12.8 Å². The van der Waals surface area contributed by atoms with Gasteiger partial charge in [0.15, 0.2) is 0 Å². The number of halogens is 2. The molecule has 0 fully saturated rings. The highest BCUT2D eigenvalue weighted by atomic mass is 19.1. The van der Waals surface area contributed by atoms with Crippen LogP contribution in [0.1, 0.15) is 13.3 Å². The predicted molar refractivity (Wildman–Crippen MR) is 74.8 cm³/mol. The molecule has 0 spiro atoms. The zero-order chi connectivity index (χ0) is 15.2. The highest BCUT2D eigenvalue weighted by Crippen LogP contribution is 2.20. The molecule has 0 amide bonds. The number of anilines is 3. The Morgan fingerprint density at radius 3 is 2.62 bits per heavy atom. The van der Waals surface area contributed by atoms with Crippen LogP contribution in [0.5, 0.6) is 6.01 Å². The van der Waals surface area contributed by atoms with Gasteiger partial charge in [-0.05, 0) is 18.6 Å². The smallest absolute Gasteiger partial charge is 0.322 e. The number of benzene rings is 1. The largest absolute Gasteiger partial charge is 0.467 e. The number of hydrogen-bond acceptors (Lipinski definition) is 6.